The molecule has 0 amide bonds. The lowest BCUT2D eigenvalue weighted by Gasteiger charge is -2.31. The minimum Gasteiger partial charge on any atom is -0.493 e. The molecule has 0 aromatic heterocycles. The Morgan fingerprint density at radius 1 is 1.00 bits per heavy atom. The molecule has 0 unspecified atom stereocenters. The Kier molecular flexibility index (Phi) is 2.34. The second-order valence-corrected chi connectivity index (χ2v) is 4.73. The number of nitrogens with one attached hydrogen (secondary N) is 1. The van der Waals surface area contributed by atoms with Crippen LogP contribution in [0.1, 0.15) is 18.1 Å². The maximum Gasteiger partial charge on any atom is 0.231 e. The fraction of sp³-hybridized carbons (Fsp3) is 0.538. The van der Waals surface area contributed by atoms with E-state index in [0.717, 1.165) is 42.4 Å². The summed E-state index contributed by atoms with van der Waals surface area (Å²) in [5.41, 5.74) is 1.06. The quantitative estimate of drug-likeness (QED) is 0.749. The Balaban J connectivity index is 1.79. The zero-order valence-corrected chi connectivity index (χ0v) is 9.98. The lowest BCUT2D eigenvalue weighted by molar-refractivity contribution is -0.00593. The number of hydrogen-bond acceptors (Lipinski definition) is 5. The van der Waals surface area contributed by atoms with Gasteiger partial charge in [0.25, 0.3) is 0 Å². The highest BCUT2D eigenvalue weighted by atomic mass is 16.7. The smallest absolute Gasteiger partial charge is 0.231 e. The number of morpholine rings is 1. The highest BCUT2D eigenvalue weighted by Gasteiger charge is 2.33. The molecule has 0 bridgehead atoms. The van der Waals surface area contributed by atoms with Crippen LogP contribution in [0.2, 0.25) is 0 Å². The Morgan fingerprint density at radius 2 is 1.89 bits per heavy atom. The lowest BCUT2D eigenvalue weighted by Crippen LogP contribution is -2.43. The molecular formula is C13H15NO4. The van der Waals surface area contributed by atoms with Crippen LogP contribution >= 0.6 is 0 Å². The van der Waals surface area contributed by atoms with Gasteiger partial charge in [0, 0.05) is 24.2 Å². The Morgan fingerprint density at radius 3 is 2.83 bits per heavy atom. The topological polar surface area (TPSA) is 49.0 Å². The average Bonchev–Trinajstić information content (AvgIpc) is 2.78. The third kappa shape index (κ3) is 1.54. The van der Waals surface area contributed by atoms with Gasteiger partial charge in [-0.25, -0.2) is 0 Å². The van der Waals surface area contributed by atoms with Crippen molar-refractivity contribution in [3.63, 3.8) is 0 Å². The maximum atomic E-state index is 5.91. The van der Waals surface area contributed by atoms with Crippen LogP contribution in [0, 0.1) is 0 Å². The molecule has 0 radical (unpaired) electrons. The molecule has 1 fully saturated rings. The summed E-state index contributed by atoms with van der Waals surface area (Å²) in [4.78, 5) is 0. The second-order valence-electron chi connectivity index (χ2n) is 4.73. The predicted octanol–water partition coefficient (Wildman–Crippen LogP) is 1.23. The van der Waals surface area contributed by atoms with Crippen LogP contribution in [0.3, 0.4) is 0 Å². The Hall–Kier alpha value is -1.46. The van der Waals surface area contributed by atoms with Crippen molar-refractivity contribution >= 4 is 0 Å². The van der Waals surface area contributed by atoms with E-state index < -0.39 is 0 Å². The number of benzene rings is 1. The van der Waals surface area contributed by atoms with Gasteiger partial charge in [0.1, 0.15) is 11.9 Å². The third-order valence-corrected chi connectivity index (χ3v) is 3.67. The second kappa shape index (κ2) is 4.03. The molecule has 5 nitrogen and oxygen atoms in total. The summed E-state index contributed by atoms with van der Waals surface area (Å²) in [5, 5.41) is 3.49. The molecule has 1 saturated heterocycles. The van der Waals surface area contributed by atoms with Crippen LogP contribution in [0.25, 0.3) is 0 Å². The molecule has 3 aliphatic rings. The summed E-state index contributed by atoms with van der Waals surface area (Å²) in [6.45, 7) is 2.62. The molecule has 96 valence electrons. The van der Waals surface area contributed by atoms with E-state index in [1.807, 2.05) is 12.1 Å². The maximum absolute atomic E-state index is 5.91. The van der Waals surface area contributed by atoms with Gasteiger partial charge in [-0.2, -0.15) is 0 Å². The molecule has 2 atom stereocenters. The van der Waals surface area contributed by atoms with E-state index in [1.165, 1.54) is 0 Å². The molecule has 1 aromatic carbocycles. The van der Waals surface area contributed by atoms with Crippen molar-refractivity contribution in [3.05, 3.63) is 17.7 Å². The van der Waals surface area contributed by atoms with Crippen LogP contribution in [-0.2, 0) is 4.74 Å². The summed E-state index contributed by atoms with van der Waals surface area (Å²) in [6, 6.07) is 4.23. The van der Waals surface area contributed by atoms with E-state index in [-0.39, 0.29) is 12.9 Å². The minimum absolute atomic E-state index is 0.0470. The van der Waals surface area contributed by atoms with Crippen LogP contribution in [0.15, 0.2) is 12.1 Å². The third-order valence-electron chi connectivity index (χ3n) is 3.67. The predicted molar refractivity (Wildman–Crippen MR) is 63.2 cm³/mol. The van der Waals surface area contributed by atoms with Crippen molar-refractivity contribution in [2.75, 3.05) is 26.6 Å². The highest BCUT2D eigenvalue weighted by Crippen LogP contribution is 2.44. The van der Waals surface area contributed by atoms with E-state index >= 15 is 0 Å². The van der Waals surface area contributed by atoms with Gasteiger partial charge in [-0.3, -0.25) is 0 Å². The fourth-order valence-electron chi connectivity index (χ4n) is 2.80. The van der Waals surface area contributed by atoms with E-state index in [2.05, 4.69) is 5.32 Å². The summed E-state index contributed by atoms with van der Waals surface area (Å²) >= 11 is 0. The van der Waals surface area contributed by atoms with Crippen molar-refractivity contribution in [2.24, 2.45) is 0 Å². The van der Waals surface area contributed by atoms with Gasteiger partial charge in [-0.1, -0.05) is 0 Å². The van der Waals surface area contributed by atoms with Crippen LogP contribution in [-0.4, -0.2) is 32.6 Å². The molecule has 1 aromatic rings. The molecule has 5 heteroatoms. The zero-order valence-electron chi connectivity index (χ0n) is 9.98. The van der Waals surface area contributed by atoms with Crippen LogP contribution < -0.4 is 19.5 Å². The first kappa shape index (κ1) is 10.5. The fourth-order valence-corrected chi connectivity index (χ4v) is 2.80. The van der Waals surface area contributed by atoms with E-state index in [0.29, 0.717) is 12.6 Å². The van der Waals surface area contributed by atoms with E-state index in [4.69, 9.17) is 18.9 Å². The van der Waals surface area contributed by atoms with Crippen molar-refractivity contribution < 1.29 is 18.9 Å². The number of hydrogen-bond donors (Lipinski definition) is 1. The first-order chi connectivity index (χ1) is 8.92. The van der Waals surface area contributed by atoms with Crippen LogP contribution in [0.4, 0.5) is 0 Å². The molecule has 0 aliphatic carbocycles. The summed E-state index contributed by atoms with van der Waals surface area (Å²) in [6.07, 6.45) is 0.997. The molecule has 3 heterocycles. The molecule has 0 spiro atoms. The van der Waals surface area contributed by atoms with Gasteiger partial charge < -0.3 is 24.3 Å². The zero-order chi connectivity index (χ0) is 11.9. The van der Waals surface area contributed by atoms with Gasteiger partial charge >= 0.3 is 0 Å². The highest BCUT2D eigenvalue weighted by molar-refractivity contribution is 5.53. The summed E-state index contributed by atoms with van der Waals surface area (Å²) < 4.78 is 22.5. The minimum atomic E-state index is 0.0470. The average molecular weight is 249 g/mol. The largest absolute Gasteiger partial charge is 0.493 e. The van der Waals surface area contributed by atoms with Gasteiger partial charge in [-0.05, 0) is 12.5 Å². The molecule has 1 N–H and O–H groups in total. The van der Waals surface area contributed by atoms with E-state index in [9.17, 15) is 0 Å². The van der Waals surface area contributed by atoms with Gasteiger partial charge in [0.05, 0.1) is 13.2 Å². The molecule has 0 saturated carbocycles. The summed E-state index contributed by atoms with van der Waals surface area (Å²) in [7, 11) is 0. The van der Waals surface area contributed by atoms with Gasteiger partial charge in [0.2, 0.25) is 6.79 Å². The SMILES string of the molecule is c1c2c(cc3c1OCC[C@@H]1NCCO[C@@H]31)OCO2. The lowest BCUT2D eigenvalue weighted by atomic mass is 9.98. The molecular weight excluding hydrogens is 234 g/mol. The first-order valence-corrected chi connectivity index (χ1v) is 6.33. The van der Waals surface area contributed by atoms with Gasteiger partial charge in [0.15, 0.2) is 11.5 Å². The van der Waals surface area contributed by atoms with Gasteiger partial charge in [-0.15, -0.1) is 0 Å². The standard InChI is InChI=1S/C13H15NO4/c1-3-15-10-6-12-11(17-7-18-12)5-8(10)13-9(1)14-2-4-16-13/h5-6,9,13-14H,1-4,7H2/t9-,13-/m0/s1. The van der Waals surface area contributed by atoms with Crippen molar-refractivity contribution in [1.29, 1.82) is 0 Å². The van der Waals surface area contributed by atoms with Crippen LogP contribution in [0.5, 0.6) is 17.2 Å². The number of rotatable bonds is 0. The van der Waals surface area contributed by atoms with Crippen molar-refractivity contribution in [3.8, 4) is 17.2 Å². The summed E-state index contributed by atoms with van der Waals surface area (Å²) in [5.74, 6) is 2.40. The molecule has 18 heavy (non-hydrogen) atoms. The molecule has 3 aliphatic heterocycles. The monoisotopic (exact) mass is 249 g/mol. The Bertz CT molecular complexity index is 476. The first-order valence-electron chi connectivity index (χ1n) is 6.33. The number of ether oxygens (including phenoxy) is 4. The molecule has 4 rings (SSSR count). The van der Waals surface area contributed by atoms with Crippen molar-refractivity contribution in [1.82, 2.24) is 5.32 Å². The van der Waals surface area contributed by atoms with E-state index in [1.54, 1.807) is 0 Å². The normalized spacial score (nSPS) is 28.9. The number of fused-ring (bicyclic) bond motifs is 4. The Labute approximate surface area is 105 Å². The van der Waals surface area contributed by atoms with Crippen molar-refractivity contribution in [2.45, 2.75) is 18.6 Å².